The number of aromatic amines is 1. The number of halogens is 1. The van der Waals surface area contributed by atoms with Crippen LogP contribution in [0.25, 0.3) is 11.0 Å². The number of fused-ring (bicyclic) bond motifs is 1. The first-order valence-corrected chi connectivity index (χ1v) is 5.71. The summed E-state index contributed by atoms with van der Waals surface area (Å²) in [5.74, 6) is -0.828. The Morgan fingerprint density at radius 2 is 2.38 bits per heavy atom. The molecule has 2 aromatic rings. The zero-order valence-corrected chi connectivity index (χ0v) is 10.3. The van der Waals surface area contributed by atoms with Crippen LogP contribution in [-0.4, -0.2) is 21.0 Å². The third kappa shape index (κ3) is 2.24. The third-order valence-electron chi connectivity index (χ3n) is 2.47. The first kappa shape index (κ1) is 11.1. The van der Waals surface area contributed by atoms with Gasteiger partial charge in [0.25, 0.3) is 0 Å². The van der Waals surface area contributed by atoms with Crippen molar-refractivity contribution in [3.8, 4) is 0 Å². The molecule has 0 saturated carbocycles. The predicted molar refractivity (Wildman–Crippen MR) is 64.5 cm³/mol. The van der Waals surface area contributed by atoms with E-state index in [2.05, 4.69) is 25.9 Å². The van der Waals surface area contributed by atoms with Crippen LogP contribution in [0.4, 0.5) is 0 Å². The topological polar surface area (TPSA) is 66.0 Å². The number of aliphatic carboxylic acids is 1. The summed E-state index contributed by atoms with van der Waals surface area (Å²) in [7, 11) is 0. The molecule has 2 rings (SSSR count). The minimum absolute atomic E-state index is 0.0366. The molecule has 0 spiro atoms. The summed E-state index contributed by atoms with van der Waals surface area (Å²) >= 11 is 3.34. The fourth-order valence-corrected chi connectivity index (χ4v) is 1.97. The average molecular weight is 283 g/mol. The quantitative estimate of drug-likeness (QED) is 0.910. The molecule has 0 fully saturated rings. The van der Waals surface area contributed by atoms with Gasteiger partial charge in [-0.15, -0.1) is 0 Å². The smallest absolute Gasteiger partial charge is 0.304 e. The molecule has 0 aliphatic heterocycles. The molecule has 1 atom stereocenters. The molecule has 0 radical (unpaired) electrons. The summed E-state index contributed by atoms with van der Waals surface area (Å²) in [5, 5.41) is 8.73. The number of rotatable bonds is 3. The van der Waals surface area contributed by atoms with Crippen molar-refractivity contribution in [2.75, 3.05) is 0 Å². The van der Waals surface area contributed by atoms with Gasteiger partial charge in [-0.2, -0.15) is 0 Å². The molecule has 2 N–H and O–H groups in total. The van der Waals surface area contributed by atoms with Crippen molar-refractivity contribution < 1.29 is 9.90 Å². The van der Waals surface area contributed by atoms with Gasteiger partial charge in [0.05, 0.1) is 17.5 Å². The molecule has 0 aliphatic rings. The zero-order chi connectivity index (χ0) is 11.7. The van der Waals surface area contributed by atoms with Crippen molar-refractivity contribution in [3.05, 3.63) is 28.5 Å². The molecular formula is C11H11BrN2O2. The zero-order valence-electron chi connectivity index (χ0n) is 8.70. The molecule has 4 nitrogen and oxygen atoms in total. The number of aromatic nitrogens is 2. The van der Waals surface area contributed by atoms with Crippen LogP contribution >= 0.6 is 15.9 Å². The summed E-state index contributed by atoms with van der Waals surface area (Å²) in [6, 6.07) is 3.83. The Balaban J connectivity index is 2.35. The van der Waals surface area contributed by atoms with Crippen molar-refractivity contribution in [2.24, 2.45) is 0 Å². The lowest BCUT2D eigenvalue weighted by Crippen LogP contribution is -2.02. The highest BCUT2D eigenvalue weighted by atomic mass is 79.9. The van der Waals surface area contributed by atoms with Gasteiger partial charge in [0.1, 0.15) is 0 Å². The highest BCUT2D eigenvalue weighted by Gasteiger charge is 2.13. The highest BCUT2D eigenvalue weighted by molar-refractivity contribution is 9.10. The SMILES string of the molecule is CC(CC(=O)O)c1cc2ncc(Br)cc2[nH]1. The van der Waals surface area contributed by atoms with Crippen molar-refractivity contribution in [1.29, 1.82) is 0 Å². The number of hydrogen-bond donors (Lipinski definition) is 2. The molecule has 0 bridgehead atoms. The van der Waals surface area contributed by atoms with E-state index in [4.69, 9.17) is 5.11 Å². The molecule has 0 aliphatic carbocycles. The van der Waals surface area contributed by atoms with Gasteiger partial charge in [0.2, 0.25) is 0 Å². The van der Waals surface area contributed by atoms with E-state index in [1.165, 1.54) is 0 Å². The van der Waals surface area contributed by atoms with E-state index in [1.54, 1.807) is 6.20 Å². The van der Waals surface area contributed by atoms with Crippen LogP contribution in [0.15, 0.2) is 22.8 Å². The monoisotopic (exact) mass is 282 g/mol. The van der Waals surface area contributed by atoms with Gasteiger partial charge in [0, 0.05) is 22.3 Å². The highest BCUT2D eigenvalue weighted by Crippen LogP contribution is 2.24. The largest absolute Gasteiger partial charge is 0.481 e. The van der Waals surface area contributed by atoms with E-state index in [0.29, 0.717) is 0 Å². The molecule has 0 amide bonds. The van der Waals surface area contributed by atoms with Crippen LogP contribution in [0.2, 0.25) is 0 Å². The van der Waals surface area contributed by atoms with Crippen LogP contribution in [0.5, 0.6) is 0 Å². The van der Waals surface area contributed by atoms with E-state index in [1.807, 2.05) is 19.1 Å². The third-order valence-corrected chi connectivity index (χ3v) is 2.90. The second-order valence-electron chi connectivity index (χ2n) is 3.81. The minimum atomic E-state index is -0.791. The van der Waals surface area contributed by atoms with Gasteiger partial charge in [-0.3, -0.25) is 9.78 Å². The predicted octanol–water partition coefficient (Wildman–Crippen LogP) is 2.90. The van der Waals surface area contributed by atoms with Crippen molar-refractivity contribution in [2.45, 2.75) is 19.3 Å². The summed E-state index contributed by atoms with van der Waals surface area (Å²) in [5.41, 5.74) is 2.68. The molecular weight excluding hydrogens is 272 g/mol. The number of H-pyrrole nitrogens is 1. The van der Waals surface area contributed by atoms with E-state index < -0.39 is 5.97 Å². The van der Waals surface area contributed by atoms with E-state index in [-0.39, 0.29) is 12.3 Å². The number of nitrogens with one attached hydrogen (secondary N) is 1. The Hall–Kier alpha value is -1.36. The number of hydrogen-bond acceptors (Lipinski definition) is 2. The van der Waals surface area contributed by atoms with Gasteiger partial charge in [-0.25, -0.2) is 0 Å². The first-order chi connectivity index (χ1) is 7.56. The average Bonchev–Trinajstić information content (AvgIpc) is 2.59. The van der Waals surface area contributed by atoms with Gasteiger partial charge >= 0.3 is 5.97 Å². The minimum Gasteiger partial charge on any atom is -0.481 e. The number of carbonyl (C=O) groups is 1. The Morgan fingerprint density at radius 1 is 1.62 bits per heavy atom. The van der Waals surface area contributed by atoms with Crippen LogP contribution in [0, 0.1) is 0 Å². The maximum Gasteiger partial charge on any atom is 0.304 e. The van der Waals surface area contributed by atoms with E-state index in [9.17, 15) is 4.79 Å². The fourth-order valence-electron chi connectivity index (χ4n) is 1.64. The van der Waals surface area contributed by atoms with E-state index >= 15 is 0 Å². The van der Waals surface area contributed by atoms with Crippen molar-refractivity contribution >= 4 is 32.9 Å². The van der Waals surface area contributed by atoms with Crippen LogP contribution in [0.3, 0.4) is 0 Å². The number of carboxylic acid groups (broad SMARTS) is 1. The summed E-state index contributed by atoms with van der Waals surface area (Å²) < 4.78 is 0.902. The Bertz CT molecular complexity index is 536. The molecule has 0 saturated heterocycles. The Kier molecular flexibility index (Phi) is 2.96. The molecule has 2 heterocycles. The molecule has 84 valence electrons. The lowest BCUT2D eigenvalue weighted by molar-refractivity contribution is -0.137. The van der Waals surface area contributed by atoms with Gasteiger partial charge < -0.3 is 10.1 Å². The molecule has 16 heavy (non-hydrogen) atoms. The molecule has 2 aromatic heterocycles. The van der Waals surface area contributed by atoms with Gasteiger partial charge in [-0.1, -0.05) is 6.92 Å². The maximum atomic E-state index is 10.6. The van der Waals surface area contributed by atoms with Crippen LogP contribution < -0.4 is 0 Å². The van der Waals surface area contributed by atoms with Gasteiger partial charge in [-0.05, 0) is 28.1 Å². The second kappa shape index (κ2) is 4.25. The van der Waals surface area contributed by atoms with Crippen molar-refractivity contribution in [1.82, 2.24) is 9.97 Å². The fraction of sp³-hybridized carbons (Fsp3) is 0.273. The molecule has 1 unspecified atom stereocenters. The first-order valence-electron chi connectivity index (χ1n) is 4.92. The Labute approximate surface area is 101 Å². The number of pyridine rings is 1. The summed E-state index contributed by atoms with van der Waals surface area (Å²) in [4.78, 5) is 18.0. The van der Waals surface area contributed by atoms with Crippen molar-refractivity contribution in [3.63, 3.8) is 0 Å². The van der Waals surface area contributed by atoms with Crippen LogP contribution in [-0.2, 0) is 4.79 Å². The number of carboxylic acids is 1. The normalized spacial score (nSPS) is 12.9. The van der Waals surface area contributed by atoms with Gasteiger partial charge in [0.15, 0.2) is 0 Å². The standard InChI is InChI=1S/C11H11BrN2O2/c1-6(2-11(15)16)8-4-9-10(14-8)3-7(12)5-13-9/h3-6,14H,2H2,1H3,(H,15,16). The summed E-state index contributed by atoms with van der Waals surface area (Å²) in [6.07, 6.45) is 1.84. The molecule has 5 heteroatoms. The second-order valence-corrected chi connectivity index (χ2v) is 4.73. The van der Waals surface area contributed by atoms with E-state index in [0.717, 1.165) is 21.2 Å². The number of nitrogens with zero attached hydrogens (tertiary/aromatic N) is 1. The lowest BCUT2D eigenvalue weighted by Gasteiger charge is -2.04. The lowest BCUT2D eigenvalue weighted by atomic mass is 10.0. The Morgan fingerprint density at radius 3 is 3.06 bits per heavy atom. The molecule has 0 aromatic carbocycles. The summed E-state index contributed by atoms with van der Waals surface area (Å²) in [6.45, 7) is 1.88. The van der Waals surface area contributed by atoms with Crippen LogP contribution in [0.1, 0.15) is 25.0 Å². The maximum absolute atomic E-state index is 10.6.